The van der Waals surface area contributed by atoms with Gasteiger partial charge in [0.25, 0.3) is 0 Å². The van der Waals surface area contributed by atoms with Crippen molar-refractivity contribution in [2.24, 2.45) is 0 Å². The van der Waals surface area contributed by atoms with Crippen LogP contribution < -0.4 is 10.2 Å². The van der Waals surface area contributed by atoms with Gasteiger partial charge in [0.05, 0.1) is 11.3 Å². The minimum Gasteiger partial charge on any atom is -0.377 e. The second-order valence-corrected chi connectivity index (χ2v) is 7.14. The number of hydrogen-bond donors (Lipinski definition) is 1. The molecule has 1 aromatic rings. The van der Waals surface area contributed by atoms with Crippen molar-refractivity contribution in [2.75, 3.05) is 31.6 Å². The standard InChI is InChI=1S/C16H29N3OS/c1-5-9-17-11-14-13(6-2)18-15(21-14)19-10-7-8-16(3,12-19)20-4/h17H,5-12H2,1-4H3. The molecule has 1 fully saturated rings. The smallest absolute Gasteiger partial charge is 0.185 e. The molecule has 1 atom stereocenters. The lowest BCUT2D eigenvalue weighted by Gasteiger charge is -2.39. The number of aromatic nitrogens is 1. The number of rotatable bonds is 7. The van der Waals surface area contributed by atoms with Gasteiger partial charge in [0.2, 0.25) is 0 Å². The van der Waals surface area contributed by atoms with Crippen LogP contribution in [0.5, 0.6) is 0 Å². The first-order valence-corrected chi connectivity index (χ1v) is 8.93. The Bertz CT molecular complexity index is 449. The van der Waals surface area contributed by atoms with Gasteiger partial charge < -0.3 is 15.0 Å². The maximum atomic E-state index is 5.70. The van der Waals surface area contributed by atoms with Crippen LogP contribution in [0, 0.1) is 0 Å². The SMILES string of the molecule is CCCNCc1sc(N2CCCC(C)(OC)C2)nc1CC. The topological polar surface area (TPSA) is 37.4 Å². The van der Waals surface area contributed by atoms with Crippen LogP contribution in [0.25, 0.3) is 0 Å². The normalized spacial score (nSPS) is 22.8. The van der Waals surface area contributed by atoms with Gasteiger partial charge in [0.15, 0.2) is 5.13 Å². The van der Waals surface area contributed by atoms with Gasteiger partial charge in [-0.05, 0) is 39.2 Å². The van der Waals surface area contributed by atoms with Crippen LogP contribution >= 0.6 is 11.3 Å². The lowest BCUT2D eigenvalue weighted by atomic mass is 9.95. The summed E-state index contributed by atoms with van der Waals surface area (Å²) in [5, 5.41) is 4.67. The van der Waals surface area contributed by atoms with Crippen molar-refractivity contribution in [3.8, 4) is 0 Å². The van der Waals surface area contributed by atoms with Crippen molar-refractivity contribution >= 4 is 16.5 Å². The van der Waals surface area contributed by atoms with Gasteiger partial charge in [0.1, 0.15) is 0 Å². The van der Waals surface area contributed by atoms with Gasteiger partial charge in [0, 0.05) is 31.6 Å². The highest BCUT2D eigenvalue weighted by Crippen LogP contribution is 2.32. The predicted molar refractivity (Wildman–Crippen MR) is 90.4 cm³/mol. The predicted octanol–water partition coefficient (Wildman–Crippen LogP) is 3.21. The number of methoxy groups -OCH3 is 1. The van der Waals surface area contributed by atoms with Crippen LogP contribution in [0.1, 0.15) is 50.6 Å². The molecule has 2 heterocycles. The first kappa shape index (κ1) is 16.7. The molecule has 0 saturated carbocycles. The van der Waals surface area contributed by atoms with E-state index in [9.17, 15) is 0 Å². The van der Waals surface area contributed by atoms with Crippen LogP contribution in [0.4, 0.5) is 5.13 Å². The molecule has 0 spiro atoms. The zero-order valence-electron chi connectivity index (χ0n) is 13.9. The fourth-order valence-corrected chi connectivity index (χ4v) is 3.98. The van der Waals surface area contributed by atoms with Crippen LogP contribution in [-0.4, -0.2) is 37.3 Å². The number of hydrogen-bond acceptors (Lipinski definition) is 5. The Morgan fingerprint density at radius 2 is 2.24 bits per heavy atom. The highest BCUT2D eigenvalue weighted by Gasteiger charge is 2.32. The van der Waals surface area contributed by atoms with Crippen LogP contribution in [0.15, 0.2) is 0 Å². The zero-order chi connectivity index (χ0) is 15.3. The zero-order valence-corrected chi connectivity index (χ0v) is 14.7. The fourth-order valence-electron chi connectivity index (χ4n) is 2.83. The molecule has 1 N–H and O–H groups in total. The molecule has 120 valence electrons. The molecule has 1 saturated heterocycles. The Labute approximate surface area is 132 Å². The summed E-state index contributed by atoms with van der Waals surface area (Å²) >= 11 is 1.85. The molecule has 0 amide bonds. The molecule has 0 radical (unpaired) electrons. The molecule has 5 heteroatoms. The number of piperidine rings is 1. The molecule has 21 heavy (non-hydrogen) atoms. The van der Waals surface area contributed by atoms with Gasteiger partial charge in [-0.15, -0.1) is 11.3 Å². The van der Waals surface area contributed by atoms with E-state index in [-0.39, 0.29) is 5.60 Å². The molecular formula is C16H29N3OS. The number of nitrogens with zero attached hydrogens (tertiary/aromatic N) is 2. The van der Waals surface area contributed by atoms with Gasteiger partial charge in [-0.2, -0.15) is 0 Å². The number of thiazole rings is 1. The third-order valence-electron chi connectivity index (χ3n) is 4.24. The van der Waals surface area contributed by atoms with Gasteiger partial charge in [-0.25, -0.2) is 4.98 Å². The summed E-state index contributed by atoms with van der Waals surface area (Å²) in [7, 11) is 1.82. The summed E-state index contributed by atoms with van der Waals surface area (Å²) in [6.07, 6.45) is 4.49. The summed E-state index contributed by atoms with van der Waals surface area (Å²) < 4.78 is 5.70. The largest absolute Gasteiger partial charge is 0.377 e. The fraction of sp³-hybridized carbons (Fsp3) is 0.812. The maximum Gasteiger partial charge on any atom is 0.185 e. The third-order valence-corrected chi connectivity index (χ3v) is 5.39. The molecule has 2 rings (SSSR count). The summed E-state index contributed by atoms with van der Waals surface area (Å²) in [6, 6.07) is 0. The van der Waals surface area contributed by atoms with Gasteiger partial charge >= 0.3 is 0 Å². The molecule has 1 aromatic heterocycles. The summed E-state index contributed by atoms with van der Waals surface area (Å²) in [5.41, 5.74) is 1.22. The molecule has 0 bridgehead atoms. The van der Waals surface area contributed by atoms with E-state index in [4.69, 9.17) is 9.72 Å². The average molecular weight is 311 g/mol. The highest BCUT2D eigenvalue weighted by atomic mass is 32.1. The third kappa shape index (κ3) is 4.18. The van der Waals surface area contributed by atoms with Crippen LogP contribution in [0.2, 0.25) is 0 Å². The summed E-state index contributed by atoms with van der Waals surface area (Å²) in [6.45, 7) is 10.7. The number of nitrogens with one attached hydrogen (secondary N) is 1. The second kappa shape index (κ2) is 7.56. The van der Waals surface area contributed by atoms with Crippen molar-refractivity contribution in [1.82, 2.24) is 10.3 Å². The number of aryl methyl sites for hydroxylation is 1. The maximum absolute atomic E-state index is 5.70. The van der Waals surface area contributed by atoms with Gasteiger partial charge in [-0.1, -0.05) is 13.8 Å². The van der Waals surface area contributed by atoms with E-state index in [0.717, 1.165) is 39.0 Å². The number of ether oxygens (including phenoxy) is 1. The van der Waals surface area contributed by atoms with Gasteiger partial charge in [-0.3, -0.25) is 0 Å². The van der Waals surface area contributed by atoms with Crippen LogP contribution in [-0.2, 0) is 17.7 Å². The molecule has 1 unspecified atom stereocenters. The van der Waals surface area contributed by atoms with Crippen LogP contribution in [0.3, 0.4) is 0 Å². The molecule has 1 aliphatic rings. The summed E-state index contributed by atoms with van der Waals surface area (Å²) in [4.78, 5) is 8.68. The van der Waals surface area contributed by atoms with Crippen molar-refractivity contribution in [3.05, 3.63) is 10.6 Å². The second-order valence-electron chi connectivity index (χ2n) is 6.08. The molecule has 0 aromatic carbocycles. The molecule has 0 aliphatic carbocycles. The summed E-state index contributed by atoms with van der Waals surface area (Å²) in [5.74, 6) is 0. The Morgan fingerprint density at radius 1 is 1.43 bits per heavy atom. The Morgan fingerprint density at radius 3 is 2.90 bits per heavy atom. The number of anilines is 1. The Hall–Kier alpha value is -0.650. The van der Waals surface area contributed by atoms with E-state index in [1.54, 1.807) is 0 Å². The van der Waals surface area contributed by atoms with E-state index >= 15 is 0 Å². The highest BCUT2D eigenvalue weighted by molar-refractivity contribution is 7.15. The van der Waals surface area contributed by atoms with Crippen molar-refractivity contribution in [3.63, 3.8) is 0 Å². The van der Waals surface area contributed by atoms with E-state index in [0.29, 0.717) is 0 Å². The van der Waals surface area contributed by atoms with Crippen molar-refractivity contribution in [2.45, 2.75) is 58.6 Å². The van der Waals surface area contributed by atoms with E-state index in [1.165, 1.54) is 28.5 Å². The quantitative estimate of drug-likeness (QED) is 0.785. The Kier molecular flexibility index (Phi) is 6.02. The average Bonchev–Trinajstić information content (AvgIpc) is 2.91. The van der Waals surface area contributed by atoms with E-state index in [2.05, 4.69) is 31.0 Å². The first-order chi connectivity index (χ1) is 10.1. The Balaban J connectivity index is 2.08. The van der Waals surface area contributed by atoms with Crippen molar-refractivity contribution < 1.29 is 4.74 Å². The minimum atomic E-state index is -0.0308. The molecule has 4 nitrogen and oxygen atoms in total. The van der Waals surface area contributed by atoms with Crippen molar-refractivity contribution in [1.29, 1.82) is 0 Å². The lowest BCUT2D eigenvalue weighted by molar-refractivity contribution is -0.00466. The lowest BCUT2D eigenvalue weighted by Crippen LogP contribution is -2.47. The van der Waals surface area contributed by atoms with E-state index in [1.807, 2.05) is 18.4 Å². The molecular weight excluding hydrogens is 282 g/mol. The van der Waals surface area contributed by atoms with E-state index < -0.39 is 0 Å². The molecule has 1 aliphatic heterocycles. The monoisotopic (exact) mass is 311 g/mol. The first-order valence-electron chi connectivity index (χ1n) is 8.11. The minimum absolute atomic E-state index is 0.0308.